The zero-order chi connectivity index (χ0) is 30.0. The third-order valence-electron chi connectivity index (χ3n) is 7.55. The third-order valence-corrected chi connectivity index (χ3v) is 9.28. The Bertz CT molecular complexity index is 1520. The maximum Gasteiger partial charge on any atom is 0.319 e. The molecule has 1 aliphatic carbocycles. The summed E-state index contributed by atoms with van der Waals surface area (Å²) < 4.78 is 33.0. The lowest BCUT2D eigenvalue weighted by molar-refractivity contribution is -0.386. The molecule has 1 unspecified atom stereocenters. The van der Waals surface area contributed by atoms with Gasteiger partial charge in [-0.15, -0.1) is 4.31 Å². The summed E-state index contributed by atoms with van der Waals surface area (Å²) in [6, 6.07) is 9.84. The van der Waals surface area contributed by atoms with E-state index in [4.69, 9.17) is 25.8 Å². The number of ether oxygens (including phenoxy) is 3. The summed E-state index contributed by atoms with van der Waals surface area (Å²) in [7, 11) is 2.79. The maximum absolute atomic E-state index is 13.6. The van der Waals surface area contributed by atoms with Crippen LogP contribution in [0.4, 0.5) is 11.4 Å². The van der Waals surface area contributed by atoms with Crippen LogP contribution in [-0.4, -0.2) is 70.6 Å². The zero-order valence-corrected chi connectivity index (χ0v) is 25.2. The van der Waals surface area contributed by atoms with Crippen LogP contribution >= 0.6 is 11.6 Å². The van der Waals surface area contributed by atoms with Crippen molar-refractivity contribution >= 4 is 34.3 Å². The summed E-state index contributed by atoms with van der Waals surface area (Å²) in [5.74, 6) is 0.561. The molecule has 1 aliphatic heterocycles. The largest absolute Gasteiger partial charge is 0.598 e. The summed E-state index contributed by atoms with van der Waals surface area (Å²) in [4.78, 5) is 26.9. The summed E-state index contributed by atoms with van der Waals surface area (Å²) in [5.41, 5.74) is 0.794. The Morgan fingerprint density at radius 1 is 1.12 bits per heavy atom. The van der Waals surface area contributed by atoms with E-state index < -0.39 is 16.3 Å². The van der Waals surface area contributed by atoms with Crippen molar-refractivity contribution < 1.29 is 23.7 Å². The minimum atomic E-state index is -1.56. The van der Waals surface area contributed by atoms with E-state index in [2.05, 4.69) is 12.0 Å². The number of benzene rings is 2. The van der Waals surface area contributed by atoms with E-state index in [0.29, 0.717) is 54.9 Å². The van der Waals surface area contributed by atoms with E-state index >= 15 is 0 Å². The van der Waals surface area contributed by atoms with Crippen molar-refractivity contribution in [1.82, 2.24) is 14.1 Å². The van der Waals surface area contributed by atoms with Crippen LogP contribution in [0.5, 0.6) is 17.2 Å². The molecule has 0 spiro atoms. The predicted octanol–water partition coefficient (Wildman–Crippen LogP) is 3.98. The molecule has 42 heavy (non-hydrogen) atoms. The van der Waals surface area contributed by atoms with Gasteiger partial charge in [0.25, 0.3) is 0 Å². The number of anilines is 1. The zero-order valence-electron chi connectivity index (χ0n) is 23.6. The van der Waals surface area contributed by atoms with Crippen LogP contribution in [0.25, 0.3) is 5.69 Å². The summed E-state index contributed by atoms with van der Waals surface area (Å²) >= 11 is 4.60. The molecule has 2 aliphatic rings. The lowest BCUT2D eigenvalue weighted by Crippen LogP contribution is -2.49. The first-order valence-electron chi connectivity index (χ1n) is 13.4. The topological polar surface area (TPSA) is 135 Å². The second-order valence-corrected chi connectivity index (χ2v) is 12.5. The molecule has 3 aromatic rings. The van der Waals surface area contributed by atoms with E-state index in [0.717, 1.165) is 12.8 Å². The van der Waals surface area contributed by atoms with Gasteiger partial charge in [0, 0.05) is 41.0 Å². The van der Waals surface area contributed by atoms with Gasteiger partial charge in [-0.3, -0.25) is 14.9 Å². The second kappa shape index (κ2) is 12.4. The molecule has 224 valence electrons. The van der Waals surface area contributed by atoms with Crippen molar-refractivity contribution in [2.75, 3.05) is 51.9 Å². The van der Waals surface area contributed by atoms with E-state index in [1.165, 1.54) is 31.0 Å². The van der Waals surface area contributed by atoms with Crippen molar-refractivity contribution in [2.45, 2.75) is 25.5 Å². The Labute approximate surface area is 251 Å². The number of hydrogen-bond donors (Lipinski definition) is 0. The van der Waals surface area contributed by atoms with Gasteiger partial charge in [0.05, 0.1) is 56.3 Å². The van der Waals surface area contributed by atoms with Gasteiger partial charge in [-0.2, -0.15) is 9.78 Å². The minimum Gasteiger partial charge on any atom is -0.598 e. The molecule has 1 aromatic heterocycles. The van der Waals surface area contributed by atoms with Crippen LogP contribution in [0.3, 0.4) is 0 Å². The van der Waals surface area contributed by atoms with Gasteiger partial charge in [-0.25, -0.2) is 0 Å². The fourth-order valence-corrected chi connectivity index (χ4v) is 6.20. The number of hydrogen-bond acceptors (Lipinski definition) is 10. The van der Waals surface area contributed by atoms with Crippen LogP contribution < -0.4 is 24.7 Å². The smallest absolute Gasteiger partial charge is 0.319 e. The SMILES string of the molecule is COc1cc(C[S+]([O-])N2CCN(c3cnn(-c4cccc(Cl)c4)c(=O)c3OCC3(C)CC3)CC2)c([N+](=O)[O-])c(OC)c1. The molecule has 1 atom stereocenters. The third kappa shape index (κ3) is 6.43. The first-order valence-corrected chi connectivity index (χ1v) is 15.1. The molecule has 12 nitrogen and oxygen atoms in total. The number of nitro benzene ring substituents is 1. The average molecular weight is 618 g/mol. The number of rotatable bonds is 11. The quantitative estimate of drug-likeness (QED) is 0.177. The molecule has 2 aromatic carbocycles. The number of halogens is 1. The van der Waals surface area contributed by atoms with E-state index in [1.807, 2.05) is 4.90 Å². The van der Waals surface area contributed by atoms with Crippen LogP contribution in [0.1, 0.15) is 25.3 Å². The minimum absolute atomic E-state index is 0.0452. The predicted molar refractivity (Wildman–Crippen MR) is 160 cm³/mol. The van der Waals surface area contributed by atoms with Gasteiger partial charge < -0.3 is 23.7 Å². The molecule has 2 heterocycles. The van der Waals surface area contributed by atoms with Crippen LogP contribution in [0.15, 0.2) is 47.4 Å². The molecule has 0 radical (unpaired) electrons. The normalized spacial score (nSPS) is 17.0. The monoisotopic (exact) mass is 617 g/mol. The summed E-state index contributed by atoms with van der Waals surface area (Å²) in [6.45, 7) is 4.24. The molecule has 5 rings (SSSR count). The highest BCUT2D eigenvalue weighted by Gasteiger charge is 2.39. The summed E-state index contributed by atoms with van der Waals surface area (Å²) in [6.07, 6.45) is 3.70. The Kier molecular flexibility index (Phi) is 8.83. The lowest BCUT2D eigenvalue weighted by Gasteiger charge is -2.36. The standard InChI is InChI=1S/C28H32ClN5O7S/c1-28(7-8-28)18-41-26-23(16-30-33(27(26)35)21-6-4-5-20(29)14-21)31-9-11-32(12-10-31)42(38)17-19-13-22(39-2)15-24(40-3)25(19)34(36)37/h4-6,13-16H,7-12,17-18H2,1-3H3. The second-order valence-electron chi connectivity index (χ2n) is 10.6. The average Bonchev–Trinajstić information content (AvgIpc) is 3.72. The fraction of sp³-hybridized carbons (Fsp3) is 0.429. The number of nitro groups is 1. The van der Waals surface area contributed by atoms with E-state index in [-0.39, 0.29) is 39.5 Å². The van der Waals surface area contributed by atoms with Crippen molar-refractivity contribution in [2.24, 2.45) is 5.41 Å². The van der Waals surface area contributed by atoms with Gasteiger partial charge in [0.1, 0.15) is 11.4 Å². The first kappa shape index (κ1) is 30.0. The van der Waals surface area contributed by atoms with Crippen molar-refractivity contribution in [3.63, 3.8) is 0 Å². The number of nitrogens with zero attached hydrogens (tertiary/aromatic N) is 5. The van der Waals surface area contributed by atoms with Crippen LogP contribution in [0.2, 0.25) is 5.02 Å². The number of methoxy groups -OCH3 is 2. The lowest BCUT2D eigenvalue weighted by atomic mass is 10.1. The molecule has 14 heteroatoms. The molecule has 1 saturated heterocycles. The number of piperazine rings is 1. The molecule has 0 bridgehead atoms. The first-order chi connectivity index (χ1) is 20.1. The highest BCUT2D eigenvalue weighted by atomic mass is 35.5. The van der Waals surface area contributed by atoms with Gasteiger partial charge in [-0.1, -0.05) is 24.6 Å². The maximum atomic E-state index is 13.6. The van der Waals surface area contributed by atoms with E-state index in [9.17, 15) is 19.5 Å². The van der Waals surface area contributed by atoms with E-state index in [1.54, 1.807) is 34.8 Å². The molecule has 0 N–H and O–H groups in total. The Morgan fingerprint density at radius 3 is 2.48 bits per heavy atom. The number of aromatic nitrogens is 2. The van der Waals surface area contributed by atoms with Gasteiger partial charge in [0.2, 0.25) is 11.5 Å². The molecular weight excluding hydrogens is 586 g/mol. The highest BCUT2D eigenvalue weighted by molar-refractivity contribution is 7.88. The van der Waals surface area contributed by atoms with Gasteiger partial charge in [-0.05, 0) is 37.1 Å². The molecule has 2 fully saturated rings. The Morgan fingerprint density at radius 2 is 1.86 bits per heavy atom. The Balaban J connectivity index is 1.34. The van der Waals surface area contributed by atoms with Gasteiger partial charge in [0.15, 0.2) is 5.75 Å². The van der Waals surface area contributed by atoms with Gasteiger partial charge >= 0.3 is 11.2 Å². The van der Waals surface area contributed by atoms with Crippen LogP contribution in [-0.2, 0) is 17.1 Å². The van der Waals surface area contributed by atoms with Crippen molar-refractivity contribution in [3.8, 4) is 22.9 Å². The molecule has 0 amide bonds. The molecule has 1 saturated carbocycles. The Hall–Kier alpha value is -3.52. The van der Waals surface area contributed by atoms with Crippen LogP contribution in [0, 0.1) is 15.5 Å². The summed E-state index contributed by atoms with van der Waals surface area (Å²) in [5, 5.41) is 16.7. The highest BCUT2D eigenvalue weighted by Crippen LogP contribution is 2.45. The van der Waals surface area contributed by atoms with Crippen molar-refractivity contribution in [1.29, 1.82) is 0 Å². The fourth-order valence-electron chi connectivity index (χ4n) is 4.77. The molecular formula is C28H32ClN5O7S. The van der Waals surface area contributed by atoms with Crippen molar-refractivity contribution in [3.05, 3.63) is 73.6 Å².